The molecular formula is C12H8F5N3O2. The number of hydrogen-bond donors (Lipinski definition) is 1. The van der Waals surface area contributed by atoms with Crippen LogP contribution in [0.15, 0.2) is 30.5 Å². The Morgan fingerprint density at radius 3 is 2.55 bits per heavy atom. The largest absolute Gasteiger partial charge is 0.432 e. The van der Waals surface area contributed by atoms with E-state index in [1.807, 2.05) is 0 Å². The summed E-state index contributed by atoms with van der Waals surface area (Å²) in [4.78, 5) is 11.8. The van der Waals surface area contributed by atoms with Gasteiger partial charge in [0.2, 0.25) is 0 Å². The molecule has 0 bridgehead atoms. The van der Waals surface area contributed by atoms with Gasteiger partial charge in [0.05, 0.1) is 5.69 Å². The molecule has 1 aromatic heterocycles. The highest BCUT2D eigenvalue weighted by Gasteiger charge is 2.17. The quantitative estimate of drug-likeness (QED) is 0.860. The molecular weight excluding hydrogens is 313 g/mol. The van der Waals surface area contributed by atoms with Gasteiger partial charge >= 0.3 is 13.2 Å². The Bertz CT molecular complexity index is 675. The van der Waals surface area contributed by atoms with Gasteiger partial charge < -0.3 is 10.1 Å². The average molecular weight is 321 g/mol. The van der Waals surface area contributed by atoms with Crippen molar-refractivity contribution in [1.82, 2.24) is 9.78 Å². The summed E-state index contributed by atoms with van der Waals surface area (Å²) < 4.78 is 66.5. The second kappa shape index (κ2) is 6.41. The number of alkyl halides is 4. The number of aromatic nitrogens is 2. The zero-order valence-electron chi connectivity index (χ0n) is 10.6. The van der Waals surface area contributed by atoms with Crippen molar-refractivity contribution < 1.29 is 31.5 Å². The topological polar surface area (TPSA) is 56.1 Å². The van der Waals surface area contributed by atoms with E-state index >= 15 is 0 Å². The molecule has 1 heterocycles. The molecule has 118 valence electrons. The molecule has 0 spiro atoms. The summed E-state index contributed by atoms with van der Waals surface area (Å²) in [7, 11) is 0. The van der Waals surface area contributed by atoms with Gasteiger partial charge in [0, 0.05) is 12.3 Å². The molecule has 0 saturated heterocycles. The van der Waals surface area contributed by atoms with Crippen LogP contribution in [-0.4, -0.2) is 22.3 Å². The number of halogens is 5. The van der Waals surface area contributed by atoms with Gasteiger partial charge in [-0.25, -0.2) is 9.07 Å². The third-order valence-electron chi connectivity index (χ3n) is 2.45. The number of anilines is 1. The Balaban J connectivity index is 2.20. The molecule has 22 heavy (non-hydrogen) atoms. The smallest absolute Gasteiger partial charge is 0.387 e. The Labute approximate surface area is 120 Å². The minimum Gasteiger partial charge on any atom is -0.432 e. The summed E-state index contributed by atoms with van der Waals surface area (Å²) in [6.07, 6.45) is 0.876. The van der Waals surface area contributed by atoms with Gasteiger partial charge in [0.25, 0.3) is 5.91 Å². The third-order valence-corrected chi connectivity index (χ3v) is 2.45. The number of hydrogen-bond acceptors (Lipinski definition) is 3. The monoisotopic (exact) mass is 321 g/mol. The van der Waals surface area contributed by atoms with Crippen molar-refractivity contribution in [3.63, 3.8) is 0 Å². The molecule has 10 heteroatoms. The van der Waals surface area contributed by atoms with Crippen LogP contribution in [0.3, 0.4) is 0 Å². The van der Waals surface area contributed by atoms with Gasteiger partial charge in [0.1, 0.15) is 5.82 Å². The maximum Gasteiger partial charge on any atom is 0.387 e. The molecule has 1 aromatic carbocycles. The van der Waals surface area contributed by atoms with Crippen molar-refractivity contribution in [3.8, 4) is 5.75 Å². The number of carbonyl (C=O) groups is 1. The van der Waals surface area contributed by atoms with Gasteiger partial charge in [-0.05, 0) is 18.2 Å². The van der Waals surface area contributed by atoms with E-state index in [2.05, 4.69) is 15.2 Å². The van der Waals surface area contributed by atoms with Gasteiger partial charge in [0.15, 0.2) is 11.4 Å². The fourth-order valence-electron chi connectivity index (χ4n) is 1.55. The summed E-state index contributed by atoms with van der Waals surface area (Å²) in [5, 5.41) is 5.43. The molecule has 0 radical (unpaired) electrons. The van der Waals surface area contributed by atoms with Crippen LogP contribution in [0.5, 0.6) is 5.75 Å². The first-order chi connectivity index (χ1) is 10.4. The van der Waals surface area contributed by atoms with E-state index in [9.17, 15) is 26.7 Å². The summed E-state index contributed by atoms with van der Waals surface area (Å²) in [5.41, 5.74) is -0.620. The van der Waals surface area contributed by atoms with Crippen LogP contribution in [0, 0.1) is 5.82 Å². The number of nitrogens with one attached hydrogen (secondary N) is 1. The van der Waals surface area contributed by atoms with E-state index in [0.717, 1.165) is 24.4 Å². The molecule has 0 saturated carbocycles. The summed E-state index contributed by atoms with van der Waals surface area (Å²) in [5.74, 6) is -2.39. The lowest BCUT2D eigenvalue weighted by Gasteiger charge is -2.11. The Morgan fingerprint density at radius 2 is 1.95 bits per heavy atom. The van der Waals surface area contributed by atoms with E-state index in [1.165, 1.54) is 0 Å². The minimum absolute atomic E-state index is 0.246. The molecule has 1 amide bonds. The molecule has 0 aliphatic carbocycles. The summed E-state index contributed by atoms with van der Waals surface area (Å²) >= 11 is 0. The highest BCUT2D eigenvalue weighted by atomic mass is 19.3. The molecule has 2 rings (SSSR count). The minimum atomic E-state index is -3.23. The number of amides is 1. The molecule has 0 aliphatic rings. The van der Waals surface area contributed by atoms with Crippen molar-refractivity contribution in [2.24, 2.45) is 0 Å². The van der Waals surface area contributed by atoms with Crippen molar-refractivity contribution in [2.75, 3.05) is 5.32 Å². The molecule has 5 nitrogen and oxygen atoms in total. The standard InChI is InChI=1S/C12H8F5N3O2/c13-6-1-2-7(9(5-6)22-12(16)17)18-10(21)8-3-4-20(19-8)11(14)15/h1-5,11-12H,(H,18,21). The zero-order valence-corrected chi connectivity index (χ0v) is 10.6. The molecule has 0 atom stereocenters. The van der Waals surface area contributed by atoms with E-state index in [0.29, 0.717) is 6.07 Å². The van der Waals surface area contributed by atoms with Crippen molar-refractivity contribution >= 4 is 11.6 Å². The first-order valence-corrected chi connectivity index (χ1v) is 5.76. The fraction of sp³-hybridized carbons (Fsp3) is 0.167. The van der Waals surface area contributed by atoms with E-state index < -0.39 is 30.6 Å². The van der Waals surface area contributed by atoms with E-state index in [1.54, 1.807) is 0 Å². The molecule has 2 aromatic rings. The van der Waals surface area contributed by atoms with Gasteiger partial charge in [-0.3, -0.25) is 4.79 Å². The zero-order chi connectivity index (χ0) is 16.3. The number of rotatable bonds is 5. The van der Waals surface area contributed by atoms with Crippen LogP contribution in [0.1, 0.15) is 17.0 Å². The normalized spacial score (nSPS) is 11.0. The molecule has 0 unspecified atom stereocenters. The number of benzene rings is 1. The van der Waals surface area contributed by atoms with Gasteiger partial charge in [-0.15, -0.1) is 0 Å². The molecule has 0 fully saturated rings. The maximum absolute atomic E-state index is 13.0. The van der Waals surface area contributed by atoms with E-state index in [-0.39, 0.29) is 16.1 Å². The lowest BCUT2D eigenvalue weighted by Crippen LogP contribution is -2.15. The van der Waals surface area contributed by atoms with Gasteiger partial charge in [-0.1, -0.05) is 0 Å². The second-order valence-electron chi connectivity index (χ2n) is 3.93. The SMILES string of the molecule is O=C(Nc1ccc(F)cc1OC(F)F)c1ccn(C(F)F)n1. The second-order valence-corrected chi connectivity index (χ2v) is 3.93. The highest BCUT2D eigenvalue weighted by Crippen LogP contribution is 2.27. The summed E-state index contributed by atoms with van der Waals surface area (Å²) in [6, 6.07) is 3.57. The Hall–Kier alpha value is -2.65. The highest BCUT2D eigenvalue weighted by molar-refractivity contribution is 6.03. The number of carbonyl (C=O) groups excluding carboxylic acids is 1. The number of ether oxygens (including phenoxy) is 1. The Morgan fingerprint density at radius 1 is 1.23 bits per heavy atom. The molecule has 1 N–H and O–H groups in total. The lowest BCUT2D eigenvalue weighted by atomic mass is 10.2. The van der Waals surface area contributed by atoms with Gasteiger partial charge in [-0.2, -0.15) is 22.7 Å². The Kier molecular flexibility index (Phi) is 4.59. The van der Waals surface area contributed by atoms with Crippen LogP contribution < -0.4 is 10.1 Å². The molecule has 0 aliphatic heterocycles. The first-order valence-electron chi connectivity index (χ1n) is 5.76. The van der Waals surface area contributed by atoms with E-state index in [4.69, 9.17) is 0 Å². The fourth-order valence-corrected chi connectivity index (χ4v) is 1.55. The van der Waals surface area contributed by atoms with Crippen molar-refractivity contribution in [2.45, 2.75) is 13.2 Å². The van der Waals surface area contributed by atoms with Crippen LogP contribution in [0.25, 0.3) is 0 Å². The average Bonchev–Trinajstić information content (AvgIpc) is 2.91. The van der Waals surface area contributed by atoms with Crippen molar-refractivity contribution in [1.29, 1.82) is 0 Å². The van der Waals surface area contributed by atoms with Crippen LogP contribution in [0.4, 0.5) is 27.6 Å². The lowest BCUT2D eigenvalue weighted by molar-refractivity contribution is -0.0495. The predicted octanol–water partition coefficient (Wildman–Crippen LogP) is 3.27. The first kappa shape index (κ1) is 15.7. The third kappa shape index (κ3) is 3.71. The summed E-state index contributed by atoms with van der Waals surface area (Å²) in [6.45, 7) is -6.15. The van der Waals surface area contributed by atoms with Crippen LogP contribution >= 0.6 is 0 Å². The maximum atomic E-state index is 13.0. The predicted molar refractivity (Wildman–Crippen MR) is 64.5 cm³/mol. The number of nitrogens with zero attached hydrogens (tertiary/aromatic N) is 2. The van der Waals surface area contributed by atoms with Crippen LogP contribution in [-0.2, 0) is 0 Å². The van der Waals surface area contributed by atoms with Crippen molar-refractivity contribution in [3.05, 3.63) is 42.0 Å². The van der Waals surface area contributed by atoms with Crippen LogP contribution in [0.2, 0.25) is 0 Å².